The van der Waals surface area contributed by atoms with Gasteiger partial charge in [0.25, 0.3) is 0 Å². The summed E-state index contributed by atoms with van der Waals surface area (Å²) < 4.78 is 5.71. The van der Waals surface area contributed by atoms with Crippen LogP contribution >= 0.6 is 0 Å². The first-order valence-corrected chi connectivity index (χ1v) is 8.89. The molecule has 0 aliphatic heterocycles. The Hall–Kier alpha value is -3.12. The first-order valence-electron chi connectivity index (χ1n) is 8.89. The van der Waals surface area contributed by atoms with Crippen molar-refractivity contribution >= 4 is 23.0 Å². The second-order valence-electron chi connectivity index (χ2n) is 6.58. The number of benzene rings is 2. The summed E-state index contributed by atoms with van der Waals surface area (Å²) in [5, 5.41) is 6.59. The molecule has 140 valence electrons. The summed E-state index contributed by atoms with van der Waals surface area (Å²) in [7, 11) is 4.06. The van der Waals surface area contributed by atoms with Crippen molar-refractivity contribution in [2.24, 2.45) is 0 Å². The lowest BCUT2D eigenvalue weighted by Gasteiger charge is -2.12. The maximum atomic E-state index is 5.71. The van der Waals surface area contributed by atoms with Crippen molar-refractivity contribution in [2.75, 3.05) is 37.9 Å². The molecule has 2 N–H and O–H groups in total. The van der Waals surface area contributed by atoms with Crippen LogP contribution in [0.3, 0.4) is 0 Å². The predicted molar refractivity (Wildman–Crippen MR) is 110 cm³/mol. The molecule has 0 spiro atoms. The van der Waals surface area contributed by atoms with Crippen molar-refractivity contribution < 1.29 is 4.74 Å². The van der Waals surface area contributed by atoms with Gasteiger partial charge in [-0.1, -0.05) is 12.1 Å². The molecular formula is C21H25N5O. The maximum Gasteiger partial charge on any atom is 0.135 e. The van der Waals surface area contributed by atoms with Crippen LogP contribution in [-0.2, 0) is 0 Å². The minimum absolute atomic E-state index is 0.666. The average Bonchev–Trinajstić information content (AvgIpc) is 2.63. The molecule has 0 atom stereocenters. The molecule has 0 fully saturated rings. The lowest BCUT2D eigenvalue weighted by atomic mass is 10.2. The standard InChI is InChI=1S/C21H25N5O/c1-16-5-4-6-18(13-16)25-21-14-20(22-15-23-21)24-17-7-9-19(10-8-17)27-12-11-26(2)3/h4-10,13-15H,11-12H2,1-3H3,(H2,22,23,24,25). The number of likely N-dealkylation sites (N-methyl/N-ethyl adjacent to an activating group) is 1. The number of nitrogens with zero attached hydrogens (tertiary/aromatic N) is 3. The molecule has 1 heterocycles. The summed E-state index contributed by atoms with van der Waals surface area (Å²) >= 11 is 0. The van der Waals surface area contributed by atoms with E-state index in [1.165, 1.54) is 5.56 Å². The zero-order valence-electron chi connectivity index (χ0n) is 15.9. The van der Waals surface area contributed by atoms with Crippen LogP contribution in [0, 0.1) is 6.92 Å². The first-order chi connectivity index (χ1) is 13.1. The molecule has 1 aromatic heterocycles. The van der Waals surface area contributed by atoms with Gasteiger partial charge in [0.2, 0.25) is 0 Å². The van der Waals surface area contributed by atoms with Crippen LogP contribution in [0.15, 0.2) is 60.9 Å². The second-order valence-corrected chi connectivity index (χ2v) is 6.58. The van der Waals surface area contributed by atoms with E-state index >= 15 is 0 Å². The number of hydrogen-bond acceptors (Lipinski definition) is 6. The summed E-state index contributed by atoms with van der Waals surface area (Å²) in [4.78, 5) is 10.7. The van der Waals surface area contributed by atoms with Gasteiger partial charge in [-0.25, -0.2) is 9.97 Å². The quantitative estimate of drug-likeness (QED) is 0.625. The molecule has 2 aromatic carbocycles. The number of hydrogen-bond donors (Lipinski definition) is 2. The largest absolute Gasteiger partial charge is 0.492 e. The van der Waals surface area contributed by atoms with Gasteiger partial charge in [-0.3, -0.25) is 0 Å². The molecule has 0 radical (unpaired) electrons. The summed E-state index contributed by atoms with van der Waals surface area (Å²) in [6.07, 6.45) is 1.54. The summed E-state index contributed by atoms with van der Waals surface area (Å²) in [5.41, 5.74) is 3.13. The summed E-state index contributed by atoms with van der Waals surface area (Å²) in [6, 6.07) is 17.9. The van der Waals surface area contributed by atoms with Gasteiger partial charge >= 0.3 is 0 Å². The molecule has 6 heteroatoms. The van der Waals surface area contributed by atoms with Gasteiger partial charge in [-0.05, 0) is 63.0 Å². The van der Waals surface area contributed by atoms with Gasteiger partial charge in [0.15, 0.2) is 0 Å². The number of rotatable bonds is 8. The van der Waals surface area contributed by atoms with Crippen LogP contribution in [0.1, 0.15) is 5.56 Å². The molecule has 6 nitrogen and oxygen atoms in total. The van der Waals surface area contributed by atoms with E-state index in [4.69, 9.17) is 4.74 Å². The highest BCUT2D eigenvalue weighted by molar-refractivity contribution is 5.63. The van der Waals surface area contributed by atoms with Crippen LogP contribution in [0.4, 0.5) is 23.0 Å². The third-order valence-corrected chi connectivity index (χ3v) is 3.89. The fourth-order valence-corrected chi connectivity index (χ4v) is 2.49. The molecule has 0 amide bonds. The molecule has 0 saturated heterocycles. The van der Waals surface area contributed by atoms with E-state index in [9.17, 15) is 0 Å². The van der Waals surface area contributed by atoms with E-state index in [0.29, 0.717) is 6.61 Å². The van der Waals surface area contributed by atoms with E-state index < -0.39 is 0 Å². The molecule has 0 saturated carbocycles. The third-order valence-electron chi connectivity index (χ3n) is 3.89. The van der Waals surface area contributed by atoms with Gasteiger partial charge in [0, 0.05) is 24.0 Å². The van der Waals surface area contributed by atoms with Crippen LogP contribution in [-0.4, -0.2) is 42.1 Å². The third kappa shape index (κ3) is 5.97. The van der Waals surface area contributed by atoms with Crippen LogP contribution in [0.5, 0.6) is 5.75 Å². The lowest BCUT2D eigenvalue weighted by Crippen LogP contribution is -2.19. The van der Waals surface area contributed by atoms with Gasteiger partial charge in [0.1, 0.15) is 30.3 Å². The molecule has 0 aliphatic rings. The number of ether oxygens (including phenoxy) is 1. The monoisotopic (exact) mass is 363 g/mol. The first kappa shape index (κ1) is 18.7. The highest BCUT2D eigenvalue weighted by Crippen LogP contribution is 2.21. The molecular weight excluding hydrogens is 338 g/mol. The Kier molecular flexibility index (Phi) is 6.22. The highest BCUT2D eigenvalue weighted by Gasteiger charge is 2.02. The minimum Gasteiger partial charge on any atom is -0.492 e. The smallest absolute Gasteiger partial charge is 0.135 e. The van der Waals surface area contributed by atoms with E-state index in [-0.39, 0.29) is 0 Å². The molecule has 0 bridgehead atoms. The Balaban J connectivity index is 1.60. The van der Waals surface area contributed by atoms with Crippen molar-refractivity contribution in [3.63, 3.8) is 0 Å². The van der Waals surface area contributed by atoms with Crippen LogP contribution in [0.25, 0.3) is 0 Å². The van der Waals surface area contributed by atoms with Crippen LogP contribution < -0.4 is 15.4 Å². The van der Waals surface area contributed by atoms with E-state index in [0.717, 1.165) is 35.3 Å². The zero-order chi connectivity index (χ0) is 19.1. The van der Waals surface area contributed by atoms with Crippen molar-refractivity contribution in [2.45, 2.75) is 6.92 Å². The van der Waals surface area contributed by atoms with Gasteiger partial charge in [-0.15, -0.1) is 0 Å². The van der Waals surface area contributed by atoms with E-state index in [2.05, 4.69) is 44.6 Å². The SMILES string of the molecule is Cc1cccc(Nc2cc(Nc3ccc(OCCN(C)C)cc3)ncn2)c1. The Morgan fingerprint density at radius 3 is 2.26 bits per heavy atom. The average molecular weight is 363 g/mol. The lowest BCUT2D eigenvalue weighted by molar-refractivity contribution is 0.261. The van der Waals surface area contributed by atoms with Gasteiger partial charge in [-0.2, -0.15) is 0 Å². The summed E-state index contributed by atoms with van der Waals surface area (Å²) in [6.45, 7) is 3.61. The Bertz CT molecular complexity index is 864. The topological polar surface area (TPSA) is 62.3 Å². The van der Waals surface area contributed by atoms with Crippen molar-refractivity contribution in [1.82, 2.24) is 14.9 Å². The van der Waals surface area contributed by atoms with Crippen LogP contribution in [0.2, 0.25) is 0 Å². The van der Waals surface area contributed by atoms with Crippen molar-refractivity contribution in [3.8, 4) is 5.75 Å². The highest BCUT2D eigenvalue weighted by atomic mass is 16.5. The predicted octanol–water partition coefficient (Wildman–Crippen LogP) is 4.21. The Morgan fingerprint density at radius 2 is 1.59 bits per heavy atom. The second kappa shape index (κ2) is 9.00. The fraction of sp³-hybridized carbons (Fsp3) is 0.238. The van der Waals surface area contributed by atoms with E-state index in [1.807, 2.05) is 56.6 Å². The zero-order valence-corrected chi connectivity index (χ0v) is 15.9. The van der Waals surface area contributed by atoms with Crippen molar-refractivity contribution in [1.29, 1.82) is 0 Å². The van der Waals surface area contributed by atoms with Gasteiger partial charge < -0.3 is 20.3 Å². The van der Waals surface area contributed by atoms with E-state index in [1.54, 1.807) is 6.33 Å². The summed E-state index contributed by atoms with van der Waals surface area (Å²) in [5.74, 6) is 2.31. The number of nitrogens with one attached hydrogen (secondary N) is 2. The Morgan fingerprint density at radius 1 is 0.889 bits per heavy atom. The van der Waals surface area contributed by atoms with Crippen molar-refractivity contribution in [3.05, 3.63) is 66.5 Å². The molecule has 0 unspecified atom stereocenters. The Labute approximate surface area is 160 Å². The molecule has 3 rings (SSSR count). The number of anilines is 4. The van der Waals surface area contributed by atoms with Gasteiger partial charge in [0.05, 0.1) is 0 Å². The number of aromatic nitrogens is 2. The normalized spacial score (nSPS) is 10.7. The molecule has 27 heavy (non-hydrogen) atoms. The minimum atomic E-state index is 0.666. The maximum absolute atomic E-state index is 5.71. The molecule has 3 aromatic rings. The fourth-order valence-electron chi connectivity index (χ4n) is 2.49. The number of aryl methyl sites for hydroxylation is 1. The molecule has 0 aliphatic carbocycles.